The van der Waals surface area contributed by atoms with Crippen molar-refractivity contribution in [2.75, 3.05) is 5.88 Å². The molecule has 0 saturated heterocycles. The lowest BCUT2D eigenvalue weighted by Crippen LogP contribution is -2.10. The highest BCUT2D eigenvalue weighted by Gasteiger charge is 2.07. The molecule has 1 aromatic rings. The summed E-state index contributed by atoms with van der Waals surface area (Å²) < 4.78 is 25.6. The van der Waals surface area contributed by atoms with E-state index in [-0.39, 0.29) is 6.42 Å². The van der Waals surface area contributed by atoms with Gasteiger partial charge in [-0.25, -0.2) is 8.78 Å². The third-order valence-corrected chi connectivity index (χ3v) is 2.33. The van der Waals surface area contributed by atoms with Crippen LogP contribution in [0.1, 0.15) is 18.4 Å². The Morgan fingerprint density at radius 3 is 2.33 bits per heavy atom. The molecule has 0 saturated carbocycles. The number of halogens is 3. The topological polar surface area (TPSA) is 20.2 Å². The maximum atomic E-state index is 12.8. The maximum absolute atomic E-state index is 12.8. The SMILES string of the molecule is OC(CCCCl)Cc1cc(F)cc(F)c1. The van der Waals surface area contributed by atoms with E-state index in [1.165, 1.54) is 12.1 Å². The van der Waals surface area contributed by atoms with Crippen molar-refractivity contribution in [3.63, 3.8) is 0 Å². The summed E-state index contributed by atoms with van der Waals surface area (Å²) in [6.07, 6.45) is 0.901. The number of hydrogen-bond donors (Lipinski definition) is 1. The van der Waals surface area contributed by atoms with E-state index in [9.17, 15) is 13.9 Å². The fraction of sp³-hybridized carbons (Fsp3) is 0.455. The zero-order valence-electron chi connectivity index (χ0n) is 8.22. The molecule has 15 heavy (non-hydrogen) atoms. The van der Waals surface area contributed by atoms with Gasteiger partial charge >= 0.3 is 0 Å². The molecular weight excluding hydrogens is 222 g/mol. The molecule has 0 spiro atoms. The van der Waals surface area contributed by atoms with Crippen molar-refractivity contribution in [2.24, 2.45) is 0 Å². The first-order valence-electron chi connectivity index (χ1n) is 4.81. The van der Waals surface area contributed by atoms with Crippen molar-refractivity contribution in [3.05, 3.63) is 35.4 Å². The summed E-state index contributed by atoms with van der Waals surface area (Å²) in [5.41, 5.74) is 0.467. The Kier molecular flexibility index (Phi) is 4.99. The Bertz CT molecular complexity index is 297. The molecule has 0 heterocycles. The summed E-state index contributed by atoms with van der Waals surface area (Å²) >= 11 is 5.47. The highest BCUT2D eigenvalue weighted by Crippen LogP contribution is 2.12. The standard InChI is InChI=1S/C11H13ClF2O/c12-3-1-2-11(15)6-8-4-9(13)7-10(14)5-8/h4-5,7,11,15H,1-3,6H2. The van der Waals surface area contributed by atoms with E-state index in [2.05, 4.69) is 0 Å². The monoisotopic (exact) mass is 234 g/mol. The molecule has 0 aliphatic rings. The molecule has 1 aromatic carbocycles. The highest BCUT2D eigenvalue weighted by atomic mass is 35.5. The number of benzene rings is 1. The molecule has 0 amide bonds. The van der Waals surface area contributed by atoms with Gasteiger partial charge in [-0.05, 0) is 37.0 Å². The van der Waals surface area contributed by atoms with Gasteiger partial charge in [-0.3, -0.25) is 0 Å². The number of aliphatic hydroxyl groups excluding tert-OH is 1. The third kappa shape index (κ3) is 4.58. The summed E-state index contributed by atoms with van der Waals surface area (Å²) in [5.74, 6) is -0.752. The molecule has 1 N–H and O–H groups in total. The predicted molar refractivity (Wildman–Crippen MR) is 56.0 cm³/mol. The zero-order valence-corrected chi connectivity index (χ0v) is 8.97. The minimum absolute atomic E-state index is 0.256. The maximum Gasteiger partial charge on any atom is 0.126 e. The molecule has 0 aromatic heterocycles. The van der Waals surface area contributed by atoms with Crippen LogP contribution in [0.5, 0.6) is 0 Å². The minimum Gasteiger partial charge on any atom is -0.393 e. The van der Waals surface area contributed by atoms with Crippen LogP contribution in [-0.4, -0.2) is 17.1 Å². The van der Waals surface area contributed by atoms with Gasteiger partial charge in [0.15, 0.2) is 0 Å². The predicted octanol–water partition coefficient (Wildman–Crippen LogP) is 2.89. The molecule has 0 aliphatic carbocycles. The normalized spacial score (nSPS) is 12.8. The largest absolute Gasteiger partial charge is 0.393 e. The van der Waals surface area contributed by atoms with Crippen molar-refractivity contribution in [1.29, 1.82) is 0 Å². The van der Waals surface area contributed by atoms with Crippen LogP contribution in [0, 0.1) is 11.6 Å². The Morgan fingerprint density at radius 1 is 1.20 bits per heavy atom. The molecule has 1 nitrogen and oxygen atoms in total. The molecule has 1 unspecified atom stereocenters. The van der Waals surface area contributed by atoms with Gasteiger partial charge in [-0.2, -0.15) is 0 Å². The smallest absolute Gasteiger partial charge is 0.126 e. The number of aliphatic hydroxyl groups is 1. The van der Waals surface area contributed by atoms with Crippen LogP contribution in [0.3, 0.4) is 0 Å². The Hall–Kier alpha value is -0.670. The van der Waals surface area contributed by atoms with Crippen LogP contribution in [-0.2, 0) is 6.42 Å². The van der Waals surface area contributed by atoms with E-state index in [0.717, 1.165) is 6.07 Å². The van der Waals surface area contributed by atoms with Crippen LogP contribution < -0.4 is 0 Å². The van der Waals surface area contributed by atoms with Gasteiger partial charge in [0.1, 0.15) is 11.6 Å². The first-order valence-corrected chi connectivity index (χ1v) is 5.34. The van der Waals surface area contributed by atoms with Crippen molar-refractivity contribution < 1.29 is 13.9 Å². The van der Waals surface area contributed by atoms with Gasteiger partial charge in [0, 0.05) is 11.9 Å². The van der Waals surface area contributed by atoms with Gasteiger partial charge in [0.25, 0.3) is 0 Å². The Labute approximate surface area is 92.7 Å². The van der Waals surface area contributed by atoms with Crippen molar-refractivity contribution in [1.82, 2.24) is 0 Å². The average Bonchev–Trinajstić information content (AvgIpc) is 2.13. The van der Waals surface area contributed by atoms with Crippen LogP contribution in [0.4, 0.5) is 8.78 Å². The van der Waals surface area contributed by atoms with E-state index in [1.54, 1.807) is 0 Å². The molecule has 84 valence electrons. The molecule has 0 fully saturated rings. The number of rotatable bonds is 5. The summed E-state index contributed by atoms with van der Waals surface area (Å²) in [4.78, 5) is 0. The molecule has 1 rings (SSSR count). The molecular formula is C11H13ClF2O. The van der Waals surface area contributed by atoms with Gasteiger partial charge in [-0.1, -0.05) is 0 Å². The Morgan fingerprint density at radius 2 is 1.80 bits per heavy atom. The molecule has 4 heteroatoms. The highest BCUT2D eigenvalue weighted by molar-refractivity contribution is 6.17. The van der Waals surface area contributed by atoms with Gasteiger partial charge in [0.2, 0.25) is 0 Å². The van der Waals surface area contributed by atoms with Crippen LogP contribution in [0.25, 0.3) is 0 Å². The molecule has 1 atom stereocenters. The van der Waals surface area contributed by atoms with Crippen molar-refractivity contribution in [3.8, 4) is 0 Å². The van der Waals surface area contributed by atoms with Crippen LogP contribution in [0.15, 0.2) is 18.2 Å². The molecule has 0 radical (unpaired) electrons. The summed E-state index contributed by atoms with van der Waals surface area (Å²) in [7, 11) is 0. The Balaban J connectivity index is 2.56. The van der Waals surface area contributed by atoms with Crippen LogP contribution in [0.2, 0.25) is 0 Å². The van der Waals surface area contributed by atoms with E-state index in [4.69, 9.17) is 11.6 Å². The third-order valence-electron chi connectivity index (χ3n) is 2.06. The zero-order chi connectivity index (χ0) is 11.3. The lowest BCUT2D eigenvalue weighted by Gasteiger charge is -2.09. The summed E-state index contributed by atoms with van der Waals surface area (Å²) in [5, 5.41) is 9.51. The minimum atomic E-state index is -0.616. The van der Waals surface area contributed by atoms with E-state index in [0.29, 0.717) is 24.3 Å². The van der Waals surface area contributed by atoms with E-state index in [1.807, 2.05) is 0 Å². The summed E-state index contributed by atoms with van der Waals surface area (Å²) in [6.45, 7) is 0. The van der Waals surface area contributed by atoms with Gasteiger partial charge in [-0.15, -0.1) is 11.6 Å². The second-order valence-corrected chi connectivity index (χ2v) is 3.84. The second kappa shape index (κ2) is 6.03. The van der Waals surface area contributed by atoms with Crippen molar-refractivity contribution in [2.45, 2.75) is 25.4 Å². The quantitative estimate of drug-likeness (QED) is 0.777. The lowest BCUT2D eigenvalue weighted by molar-refractivity contribution is 0.164. The number of alkyl halides is 1. The van der Waals surface area contributed by atoms with Gasteiger partial charge in [0.05, 0.1) is 6.10 Å². The van der Waals surface area contributed by atoms with Crippen molar-refractivity contribution >= 4 is 11.6 Å². The van der Waals surface area contributed by atoms with E-state index >= 15 is 0 Å². The van der Waals surface area contributed by atoms with E-state index < -0.39 is 17.7 Å². The summed E-state index contributed by atoms with van der Waals surface area (Å²) in [6, 6.07) is 3.27. The average molecular weight is 235 g/mol. The first kappa shape index (κ1) is 12.4. The second-order valence-electron chi connectivity index (χ2n) is 3.47. The van der Waals surface area contributed by atoms with Gasteiger partial charge < -0.3 is 5.11 Å². The molecule has 0 bridgehead atoms. The van der Waals surface area contributed by atoms with Crippen LogP contribution >= 0.6 is 11.6 Å². The molecule has 0 aliphatic heterocycles. The fourth-order valence-corrected chi connectivity index (χ4v) is 1.57. The number of hydrogen-bond acceptors (Lipinski definition) is 1. The first-order chi connectivity index (χ1) is 7.11. The lowest BCUT2D eigenvalue weighted by atomic mass is 10.0. The fourth-order valence-electron chi connectivity index (χ4n) is 1.42.